The average Bonchev–Trinajstić information content (AvgIpc) is 2.46. The van der Waals surface area contributed by atoms with Crippen LogP contribution < -0.4 is 5.32 Å². The first-order chi connectivity index (χ1) is 10.0. The number of anilines is 1. The number of nitrogens with one attached hydrogen (secondary N) is 1. The zero-order valence-electron chi connectivity index (χ0n) is 12.0. The van der Waals surface area contributed by atoms with E-state index in [1.807, 2.05) is 25.1 Å². The first kappa shape index (κ1) is 14.7. The highest BCUT2D eigenvalue weighted by Crippen LogP contribution is 2.11. The number of aryl methyl sites for hydroxylation is 1. The molecule has 21 heavy (non-hydrogen) atoms. The molecule has 2 aromatic rings. The van der Waals surface area contributed by atoms with Gasteiger partial charge in [-0.1, -0.05) is 18.2 Å². The van der Waals surface area contributed by atoms with Crippen LogP contribution in [0.5, 0.6) is 0 Å². The lowest BCUT2D eigenvalue weighted by Gasteiger charge is -2.01. The molecule has 0 atom stereocenters. The summed E-state index contributed by atoms with van der Waals surface area (Å²) in [6, 6.07) is 10.8. The Labute approximate surface area is 123 Å². The molecule has 0 saturated carbocycles. The second kappa shape index (κ2) is 6.61. The standard InChI is InChI=1S/C17H16N2O2/c1-12-3-7-15(11-18-12)17(21)10-6-14-4-8-16(9-5-14)19-13(2)20/h3-11H,1-2H3,(H,19,20)/b10-6+. The second-order valence-corrected chi connectivity index (χ2v) is 4.69. The van der Waals surface area contributed by atoms with Gasteiger partial charge < -0.3 is 5.32 Å². The molecule has 1 N–H and O–H groups in total. The molecule has 4 heteroatoms. The Kier molecular flexibility index (Phi) is 4.61. The van der Waals surface area contributed by atoms with Crippen LogP contribution in [-0.4, -0.2) is 16.7 Å². The Hall–Kier alpha value is -2.75. The number of benzene rings is 1. The Bertz CT molecular complexity index is 671. The van der Waals surface area contributed by atoms with Gasteiger partial charge in [0.1, 0.15) is 0 Å². The highest BCUT2D eigenvalue weighted by molar-refractivity contribution is 6.06. The highest BCUT2D eigenvalue weighted by atomic mass is 16.1. The van der Waals surface area contributed by atoms with Gasteiger partial charge in [0.25, 0.3) is 0 Å². The van der Waals surface area contributed by atoms with Crippen LogP contribution in [0.1, 0.15) is 28.5 Å². The lowest BCUT2D eigenvalue weighted by molar-refractivity contribution is -0.114. The summed E-state index contributed by atoms with van der Waals surface area (Å²) in [5, 5.41) is 2.69. The van der Waals surface area contributed by atoms with Crippen LogP contribution in [0.3, 0.4) is 0 Å². The Balaban J connectivity index is 2.05. The predicted octanol–water partition coefficient (Wildman–Crippen LogP) is 3.24. The van der Waals surface area contributed by atoms with Crippen LogP contribution in [0.4, 0.5) is 5.69 Å². The molecule has 0 aliphatic rings. The topological polar surface area (TPSA) is 59.1 Å². The summed E-state index contributed by atoms with van der Waals surface area (Å²) in [4.78, 5) is 27.0. The van der Waals surface area contributed by atoms with Crippen molar-refractivity contribution >= 4 is 23.5 Å². The number of aromatic nitrogens is 1. The van der Waals surface area contributed by atoms with Crippen molar-refractivity contribution in [3.8, 4) is 0 Å². The van der Waals surface area contributed by atoms with Crippen LogP contribution in [0.15, 0.2) is 48.7 Å². The number of amides is 1. The molecular weight excluding hydrogens is 264 g/mol. The van der Waals surface area contributed by atoms with Gasteiger partial charge in [-0.05, 0) is 42.8 Å². The highest BCUT2D eigenvalue weighted by Gasteiger charge is 2.01. The number of hydrogen-bond donors (Lipinski definition) is 1. The fourth-order valence-electron chi connectivity index (χ4n) is 1.76. The maximum Gasteiger partial charge on any atom is 0.221 e. The van der Waals surface area contributed by atoms with Gasteiger partial charge in [-0.2, -0.15) is 0 Å². The summed E-state index contributed by atoms with van der Waals surface area (Å²) < 4.78 is 0. The van der Waals surface area contributed by atoms with Crippen molar-refractivity contribution in [2.24, 2.45) is 0 Å². The monoisotopic (exact) mass is 280 g/mol. The van der Waals surface area contributed by atoms with E-state index in [-0.39, 0.29) is 11.7 Å². The van der Waals surface area contributed by atoms with Crippen LogP contribution >= 0.6 is 0 Å². The van der Waals surface area contributed by atoms with E-state index in [2.05, 4.69) is 10.3 Å². The summed E-state index contributed by atoms with van der Waals surface area (Å²) >= 11 is 0. The molecule has 1 amide bonds. The van der Waals surface area contributed by atoms with Crippen molar-refractivity contribution in [1.82, 2.24) is 4.98 Å². The average molecular weight is 280 g/mol. The van der Waals surface area contributed by atoms with Crippen LogP contribution in [-0.2, 0) is 4.79 Å². The zero-order chi connectivity index (χ0) is 15.2. The molecule has 0 bridgehead atoms. The van der Waals surface area contributed by atoms with Crippen LogP contribution in [0.25, 0.3) is 6.08 Å². The maximum absolute atomic E-state index is 12.0. The van der Waals surface area contributed by atoms with Crippen LogP contribution in [0, 0.1) is 6.92 Å². The summed E-state index contributed by atoms with van der Waals surface area (Å²) in [5.74, 6) is -0.200. The van der Waals surface area contributed by atoms with Gasteiger partial charge in [0.15, 0.2) is 5.78 Å². The minimum Gasteiger partial charge on any atom is -0.326 e. The SMILES string of the molecule is CC(=O)Nc1ccc(/C=C/C(=O)c2ccc(C)nc2)cc1. The number of hydrogen-bond acceptors (Lipinski definition) is 3. The van der Waals surface area contributed by atoms with E-state index in [0.717, 1.165) is 16.9 Å². The van der Waals surface area contributed by atoms with Gasteiger partial charge in [-0.3, -0.25) is 14.6 Å². The molecule has 0 radical (unpaired) electrons. The molecule has 4 nitrogen and oxygen atoms in total. The fourth-order valence-corrected chi connectivity index (χ4v) is 1.76. The van der Waals surface area contributed by atoms with Gasteiger partial charge >= 0.3 is 0 Å². The van der Waals surface area contributed by atoms with E-state index in [4.69, 9.17) is 0 Å². The van der Waals surface area contributed by atoms with E-state index in [1.54, 1.807) is 30.5 Å². The second-order valence-electron chi connectivity index (χ2n) is 4.69. The third-order valence-electron chi connectivity index (χ3n) is 2.85. The Morgan fingerprint density at radius 1 is 1.10 bits per heavy atom. The van der Waals surface area contributed by atoms with Gasteiger partial charge in [0.05, 0.1) is 0 Å². The van der Waals surface area contributed by atoms with Crippen molar-refractivity contribution in [2.45, 2.75) is 13.8 Å². The number of carbonyl (C=O) groups is 2. The molecule has 0 fully saturated rings. The third-order valence-corrected chi connectivity index (χ3v) is 2.85. The molecule has 2 rings (SSSR count). The molecule has 0 unspecified atom stereocenters. The number of ketones is 1. The van der Waals surface area contributed by atoms with Gasteiger partial charge in [0.2, 0.25) is 5.91 Å². The molecule has 1 heterocycles. The molecule has 1 aromatic heterocycles. The van der Waals surface area contributed by atoms with Gasteiger partial charge in [-0.15, -0.1) is 0 Å². The van der Waals surface area contributed by atoms with Crippen molar-refractivity contribution in [3.05, 3.63) is 65.5 Å². The number of nitrogens with zero attached hydrogens (tertiary/aromatic N) is 1. The van der Waals surface area contributed by atoms with Crippen molar-refractivity contribution in [1.29, 1.82) is 0 Å². The zero-order valence-corrected chi connectivity index (χ0v) is 12.0. The van der Waals surface area contributed by atoms with Crippen LogP contribution in [0.2, 0.25) is 0 Å². The van der Waals surface area contributed by atoms with Crippen molar-refractivity contribution in [3.63, 3.8) is 0 Å². The number of carbonyl (C=O) groups excluding carboxylic acids is 2. The fraction of sp³-hybridized carbons (Fsp3) is 0.118. The van der Waals surface area contributed by atoms with E-state index in [0.29, 0.717) is 5.56 Å². The maximum atomic E-state index is 12.0. The Morgan fingerprint density at radius 3 is 2.38 bits per heavy atom. The largest absolute Gasteiger partial charge is 0.326 e. The molecule has 106 valence electrons. The summed E-state index contributed by atoms with van der Waals surface area (Å²) in [6.45, 7) is 3.34. The molecule has 0 aliphatic carbocycles. The summed E-state index contributed by atoms with van der Waals surface area (Å²) in [5.41, 5.74) is 3.06. The quantitative estimate of drug-likeness (QED) is 0.691. The first-order valence-electron chi connectivity index (χ1n) is 6.57. The van der Waals surface area contributed by atoms with Gasteiger partial charge in [-0.25, -0.2) is 0 Å². The predicted molar refractivity (Wildman–Crippen MR) is 83.1 cm³/mol. The number of allylic oxidation sites excluding steroid dienone is 1. The van der Waals surface area contributed by atoms with Gasteiger partial charge in [0, 0.05) is 30.1 Å². The van der Waals surface area contributed by atoms with E-state index in [9.17, 15) is 9.59 Å². The summed E-state index contributed by atoms with van der Waals surface area (Å²) in [6.07, 6.45) is 4.82. The minimum atomic E-state index is -0.111. The number of pyridine rings is 1. The summed E-state index contributed by atoms with van der Waals surface area (Å²) in [7, 11) is 0. The molecule has 0 saturated heterocycles. The third kappa shape index (κ3) is 4.38. The van der Waals surface area contributed by atoms with Crippen molar-refractivity contribution in [2.75, 3.05) is 5.32 Å². The van der Waals surface area contributed by atoms with E-state index in [1.165, 1.54) is 13.0 Å². The first-order valence-corrected chi connectivity index (χ1v) is 6.57. The van der Waals surface area contributed by atoms with E-state index < -0.39 is 0 Å². The Morgan fingerprint density at radius 2 is 1.81 bits per heavy atom. The van der Waals surface area contributed by atoms with Crippen molar-refractivity contribution < 1.29 is 9.59 Å². The normalized spacial score (nSPS) is 10.6. The number of rotatable bonds is 4. The minimum absolute atomic E-state index is 0.0894. The smallest absolute Gasteiger partial charge is 0.221 e. The molecule has 1 aromatic carbocycles. The molecule has 0 aliphatic heterocycles. The lowest BCUT2D eigenvalue weighted by atomic mass is 10.1. The molecule has 0 spiro atoms. The van der Waals surface area contributed by atoms with E-state index >= 15 is 0 Å². The lowest BCUT2D eigenvalue weighted by Crippen LogP contribution is -2.05. The molecular formula is C17H16N2O2.